The molecule has 1 saturated heterocycles. The number of benzene rings is 1. The number of amides is 3. The summed E-state index contributed by atoms with van der Waals surface area (Å²) in [6.07, 6.45) is 5.40. The maximum absolute atomic E-state index is 13.8. The van der Waals surface area contributed by atoms with Crippen LogP contribution in [-0.4, -0.2) is 76.6 Å². The largest absolute Gasteiger partial charge is 0.457 e. The van der Waals surface area contributed by atoms with Crippen molar-refractivity contribution in [2.75, 3.05) is 19.7 Å². The highest BCUT2D eigenvalue weighted by molar-refractivity contribution is 5.94. The molecular weight excluding hydrogens is 592 g/mol. The Morgan fingerprint density at radius 1 is 1.17 bits per heavy atom. The van der Waals surface area contributed by atoms with Crippen LogP contribution in [-0.2, 0) is 23.9 Å². The lowest BCUT2D eigenvalue weighted by Gasteiger charge is -2.35. The number of fused-ring (bicyclic) bond motifs is 4. The highest BCUT2D eigenvalue weighted by atomic mass is 16.5. The highest BCUT2D eigenvalue weighted by Crippen LogP contribution is 2.27. The number of azide groups is 1. The molecule has 4 N–H and O–H groups in total. The SMILES string of the molecule is C[C@@H]1NC(=O)[C@H](CCN=[N+]=[N-])NC(=O)C(C)(CC#CCO)/C=C/c2cc3cc(ccc3cn2)[C@@H](C)OC(=O)[C@@H]2CCCN(N2)C1=O. The van der Waals surface area contributed by atoms with Gasteiger partial charge >= 0.3 is 5.97 Å². The number of carbonyl (C=O) groups excluding carboxylic acids is 4. The van der Waals surface area contributed by atoms with Crippen molar-refractivity contribution in [1.82, 2.24) is 26.1 Å². The maximum Gasteiger partial charge on any atom is 0.325 e. The molecule has 14 nitrogen and oxygen atoms in total. The standard InChI is InChI=1S/C32H38N8O6/c1-20-29(43)40-15-6-7-27(38-40)30(44)46-21(2)22-8-9-23-19-34-25(18-24(23)17-22)10-13-32(3,12-4-5-16-41)31(45)37-26(28(42)36-20)11-14-35-39-33/h8-10,13,17-21,26-27,38,41H,6-7,11-12,14-16H2,1-3H3,(H,36,42)(H,37,45)/b13-10+/t20-,21+,26-,27-,32?/m0/s1. The molecule has 242 valence electrons. The Labute approximate surface area is 266 Å². The number of hydrogen-bond acceptors (Lipinski definition) is 9. The molecule has 2 aliphatic rings. The van der Waals surface area contributed by atoms with E-state index in [0.29, 0.717) is 25.1 Å². The van der Waals surface area contributed by atoms with Crippen molar-refractivity contribution in [2.24, 2.45) is 10.5 Å². The van der Waals surface area contributed by atoms with E-state index in [9.17, 15) is 24.3 Å². The summed E-state index contributed by atoms with van der Waals surface area (Å²) in [5.41, 5.74) is 11.8. The molecule has 46 heavy (non-hydrogen) atoms. The fraction of sp³-hybridized carbons (Fsp3) is 0.469. The van der Waals surface area contributed by atoms with Crippen molar-refractivity contribution >= 4 is 40.5 Å². The summed E-state index contributed by atoms with van der Waals surface area (Å²) in [6.45, 7) is 4.75. The van der Waals surface area contributed by atoms with Crippen LogP contribution in [0.5, 0.6) is 0 Å². The first kappa shape index (κ1) is 33.9. The Bertz CT molecular complexity index is 1630. The van der Waals surface area contributed by atoms with E-state index < -0.39 is 53.3 Å². The van der Waals surface area contributed by atoms with E-state index in [4.69, 9.17) is 10.3 Å². The third-order valence-corrected chi connectivity index (χ3v) is 8.00. The minimum Gasteiger partial charge on any atom is -0.457 e. The minimum absolute atomic E-state index is 0.0118. The lowest BCUT2D eigenvalue weighted by Crippen LogP contribution is -2.60. The molecule has 1 aromatic heterocycles. The number of aromatic nitrogens is 1. The van der Waals surface area contributed by atoms with Crippen molar-refractivity contribution in [2.45, 2.75) is 70.7 Å². The van der Waals surface area contributed by atoms with Crippen LogP contribution in [0.25, 0.3) is 27.3 Å². The molecule has 1 fully saturated rings. The van der Waals surface area contributed by atoms with Gasteiger partial charge in [0.25, 0.3) is 5.91 Å². The monoisotopic (exact) mass is 630 g/mol. The van der Waals surface area contributed by atoms with Gasteiger partial charge in [0.1, 0.15) is 30.8 Å². The lowest BCUT2D eigenvalue weighted by molar-refractivity contribution is -0.157. The number of cyclic esters (lactones) is 1. The summed E-state index contributed by atoms with van der Waals surface area (Å²) in [6, 6.07) is 4.55. The first-order chi connectivity index (χ1) is 22.0. The second-order valence-corrected chi connectivity index (χ2v) is 11.5. The zero-order valence-electron chi connectivity index (χ0n) is 26.0. The van der Waals surface area contributed by atoms with Gasteiger partial charge in [0.2, 0.25) is 11.8 Å². The van der Waals surface area contributed by atoms with E-state index in [1.165, 1.54) is 11.9 Å². The Hall–Kier alpha value is -4.96. The first-order valence-electron chi connectivity index (χ1n) is 15.1. The predicted molar refractivity (Wildman–Crippen MR) is 169 cm³/mol. The van der Waals surface area contributed by atoms with Gasteiger partial charge in [-0.15, -0.1) is 0 Å². The number of aliphatic hydroxyl groups excluding tert-OH is 1. The normalized spacial score (nSPS) is 26.6. The highest BCUT2D eigenvalue weighted by Gasteiger charge is 2.35. The summed E-state index contributed by atoms with van der Waals surface area (Å²) in [5.74, 6) is 3.17. The van der Waals surface area contributed by atoms with E-state index in [1.54, 1.807) is 32.2 Å². The van der Waals surface area contributed by atoms with Crippen LogP contribution in [0.1, 0.15) is 63.8 Å². The van der Waals surface area contributed by atoms with Crippen molar-refractivity contribution in [3.05, 3.63) is 58.2 Å². The number of nitrogens with one attached hydrogen (secondary N) is 3. The number of ether oxygens (including phenoxy) is 1. The topological polar surface area (TPSA) is 199 Å². The van der Waals surface area contributed by atoms with E-state index in [-0.39, 0.29) is 26.0 Å². The lowest BCUT2D eigenvalue weighted by atomic mass is 9.84. The fourth-order valence-corrected chi connectivity index (χ4v) is 5.18. The summed E-state index contributed by atoms with van der Waals surface area (Å²) in [4.78, 5) is 60.9. The van der Waals surface area contributed by atoms with Gasteiger partial charge in [-0.3, -0.25) is 29.2 Å². The number of esters is 1. The van der Waals surface area contributed by atoms with Crippen LogP contribution in [0, 0.1) is 17.3 Å². The van der Waals surface area contributed by atoms with Gasteiger partial charge in [0.15, 0.2) is 0 Å². The quantitative estimate of drug-likeness (QED) is 0.130. The number of carbonyl (C=O) groups is 4. The maximum atomic E-state index is 13.8. The van der Waals surface area contributed by atoms with Crippen molar-refractivity contribution in [1.29, 1.82) is 0 Å². The van der Waals surface area contributed by atoms with Crippen LogP contribution in [0.4, 0.5) is 0 Å². The van der Waals surface area contributed by atoms with Gasteiger partial charge in [0, 0.05) is 36.0 Å². The molecule has 3 amide bonds. The van der Waals surface area contributed by atoms with Crippen LogP contribution >= 0.6 is 0 Å². The molecule has 5 bridgehead atoms. The molecule has 1 aromatic carbocycles. The second-order valence-electron chi connectivity index (χ2n) is 11.5. The summed E-state index contributed by atoms with van der Waals surface area (Å²) in [7, 11) is 0. The third kappa shape index (κ3) is 8.39. The average Bonchev–Trinajstić information content (AvgIpc) is 3.05. The number of rotatable bonds is 4. The van der Waals surface area contributed by atoms with Crippen LogP contribution in [0.3, 0.4) is 0 Å². The Balaban J connectivity index is 1.75. The zero-order valence-corrected chi connectivity index (χ0v) is 26.0. The summed E-state index contributed by atoms with van der Waals surface area (Å²) < 4.78 is 5.80. The summed E-state index contributed by atoms with van der Waals surface area (Å²) >= 11 is 0. The molecule has 0 aliphatic carbocycles. The molecular formula is C32H38N8O6. The Morgan fingerprint density at radius 3 is 2.74 bits per heavy atom. The van der Waals surface area contributed by atoms with Crippen molar-refractivity contribution in [3.8, 4) is 11.8 Å². The van der Waals surface area contributed by atoms with Crippen molar-refractivity contribution < 1.29 is 29.0 Å². The smallest absolute Gasteiger partial charge is 0.325 e. The van der Waals surface area contributed by atoms with E-state index in [1.807, 2.05) is 24.3 Å². The van der Waals surface area contributed by atoms with Gasteiger partial charge in [-0.2, -0.15) is 0 Å². The van der Waals surface area contributed by atoms with Gasteiger partial charge in [-0.1, -0.05) is 35.2 Å². The number of pyridine rings is 1. The van der Waals surface area contributed by atoms with E-state index in [0.717, 1.165) is 16.3 Å². The number of aliphatic hydroxyl groups is 1. The second kappa shape index (κ2) is 15.4. The number of hydrogen-bond donors (Lipinski definition) is 4. The van der Waals surface area contributed by atoms with Gasteiger partial charge in [0.05, 0.1) is 11.1 Å². The molecule has 5 atom stereocenters. The van der Waals surface area contributed by atoms with Crippen LogP contribution in [0.15, 0.2) is 41.7 Å². The zero-order chi connectivity index (χ0) is 33.3. The average molecular weight is 631 g/mol. The third-order valence-electron chi connectivity index (χ3n) is 8.00. The van der Waals surface area contributed by atoms with Crippen LogP contribution in [0.2, 0.25) is 0 Å². The molecule has 2 aliphatic heterocycles. The first-order valence-corrected chi connectivity index (χ1v) is 15.1. The summed E-state index contributed by atoms with van der Waals surface area (Å²) in [5, 5.41) is 21.1. The van der Waals surface area contributed by atoms with E-state index >= 15 is 0 Å². The van der Waals surface area contributed by atoms with Gasteiger partial charge in [-0.25, -0.2) is 5.43 Å². The van der Waals surface area contributed by atoms with Crippen LogP contribution < -0.4 is 16.1 Å². The molecule has 1 unspecified atom stereocenters. The minimum atomic E-state index is -1.27. The fourth-order valence-electron chi connectivity index (χ4n) is 5.18. The number of nitrogens with zero attached hydrogens (tertiary/aromatic N) is 5. The predicted octanol–water partition coefficient (Wildman–Crippen LogP) is 2.44. The molecule has 0 radical (unpaired) electrons. The number of hydrazine groups is 1. The van der Waals surface area contributed by atoms with E-state index in [2.05, 4.69) is 42.9 Å². The Morgan fingerprint density at radius 2 is 1.98 bits per heavy atom. The molecule has 0 saturated carbocycles. The van der Waals surface area contributed by atoms with Crippen molar-refractivity contribution in [3.63, 3.8) is 0 Å². The Kier molecular flexibility index (Phi) is 11.3. The van der Waals surface area contributed by atoms with Gasteiger partial charge < -0.3 is 20.5 Å². The molecule has 3 heterocycles. The molecule has 0 spiro atoms. The molecule has 14 heteroatoms. The molecule has 4 rings (SSSR count). The molecule has 2 aromatic rings. The van der Waals surface area contributed by atoms with Gasteiger partial charge in [-0.05, 0) is 74.7 Å².